The molecule has 1 aromatic heterocycles. The highest BCUT2D eigenvalue weighted by Gasteiger charge is 2.17. The second kappa shape index (κ2) is 6.08. The van der Waals surface area contributed by atoms with Crippen molar-refractivity contribution in [1.82, 2.24) is 5.32 Å². The van der Waals surface area contributed by atoms with Gasteiger partial charge < -0.3 is 14.8 Å². The first-order chi connectivity index (χ1) is 10.1. The largest absolute Gasteiger partial charge is 0.454 e. The SMILES string of the molecule is Cc1ccc(CC(C)NC(C)c2ccc3c(c2)OCO3)s1. The number of rotatable bonds is 5. The maximum atomic E-state index is 5.44. The van der Waals surface area contributed by atoms with Gasteiger partial charge in [0.15, 0.2) is 11.5 Å². The van der Waals surface area contributed by atoms with Crippen molar-refractivity contribution in [2.75, 3.05) is 6.79 Å². The predicted molar refractivity (Wildman–Crippen MR) is 86.3 cm³/mol. The lowest BCUT2D eigenvalue weighted by Crippen LogP contribution is -2.30. The highest BCUT2D eigenvalue weighted by atomic mass is 32.1. The van der Waals surface area contributed by atoms with Gasteiger partial charge in [-0.2, -0.15) is 0 Å². The van der Waals surface area contributed by atoms with Crippen molar-refractivity contribution in [3.8, 4) is 11.5 Å². The van der Waals surface area contributed by atoms with Crippen LogP contribution in [-0.4, -0.2) is 12.8 Å². The molecule has 3 rings (SSSR count). The lowest BCUT2D eigenvalue weighted by Gasteiger charge is -2.20. The zero-order valence-electron chi connectivity index (χ0n) is 12.7. The molecule has 0 radical (unpaired) electrons. The van der Waals surface area contributed by atoms with Crippen LogP contribution in [0.5, 0.6) is 11.5 Å². The Kier molecular flexibility index (Phi) is 4.17. The number of aryl methyl sites for hydroxylation is 1. The van der Waals surface area contributed by atoms with E-state index in [-0.39, 0.29) is 6.04 Å². The third-order valence-corrected chi connectivity index (χ3v) is 4.76. The Morgan fingerprint density at radius 2 is 1.95 bits per heavy atom. The van der Waals surface area contributed by atoms with Gasteiger partial charge in [-0.25, -0.2) is 0 Å². The number of hydrogen-bond donors (Lipinski definition) is 1. The average molecular weight is 303 g/mol. The van der Waals surface area contributed by atoms with Crippen LogP contribution in [0.2, 0.25) is 0 Å². The minimum atomic E-state index is 0.288. The third kappa shape index (κ3) is 3.39. The van der Waals surface area contributed by atoms with Crippen LogP contribution in [-0.2, 0) is 6.42 Å². The summed E-state index contributed by atoms with van der Waals surface area (Å²) < 4.78 is 10.8. The minimum absolute atomic E-state index is 0.288. The summed E-state index contributed by atoms with van der Waals surface area (Å²) in [6, 6.07) is 11.3. The zero-order chi connectivity index (χ0) is 14.8. The molecule has 0 amide bonds. The van der Waals surface area contributed by atoms with Crippen LogP contribution in [0.3, 0.4) is 0 Å². The summed E-state index contributed by atoms with van der Waals surface area (Å²) in [5.41, 5.74) is 1.23. The van der Waals surface area contributed by atoms with Gasteiger partial charge >= 0.3 is 0 Å². The quantitative estimate of drug-likeness (QED) is 0.903. The van der Waals surface area contributed by atoms with Crippen LogP contribution in [0.4, 0.5) is 0 Å². The first-order valence-electron chi connectivity index (χ1n) is 7.33. The van der Waals surface area contributed by atoms with Crippen LogP contribution >= 0.6 is 11.3 Å². The van der Waals surface area contributed by atoms with Gasteiger partial charge in [0.25, 0.3) is 0 Å². The highest BCUT2D eigenvalue weighted by Crippen LogP contribution is 2.34. The van der Waals surface area contributed by atoms with Gasteiger partial charge in [0.1, 0.15) is 0 Å². The smallest absolute Gasteiger partial charge is 0.231 e. The summed E-state index contributed by atoms with van der Waals surface area (Å²) in [7, 11) is 0. The lowest BCUT2D eigenvalue weighted by molar-refractivity contribution is 0.174. The monoisotopic (exact) mass is 303 g/mol. The van der Waals surface area contributed by atoms with E-state index in [9.17, 15) is 0 Å². The van der Waals surface area contributed by atoms with E-state index < -0.39 is 0 Å². The first kappa shape index (κ1) is 14.4. The summed E-state index contributed by atoms with van der Waals surface area (Å²) in [6.07, 6.45) is 1.06. The maximum Gasteiger partial charge on any atom is 0.231 e. The van der Waals surface area contributed by atoms with E-state index in [0.29, 0.717) is 12.8 Å². The van der Waals surface area contributed by atoms with E-state index in [1.165, 1.54) is 15.3 Å². The van der Waals surface area contributed by atoms with Crippen LogP contribution in [0.15, 0.2) is 30.3 Å². The molecule has 0 aliphatic carbocycles. The molecule has 2 atom stereocenters. The second-order valence-corrected chi connectivity index (χ2v) is 6.99. The van der Waals surface area contributed by atoms with Crippen molar-refractivity contribution < 1.29 is 9.47 Å². The Bertz CT molecular complexity index is 623. The van der Waals surface area contributed by atoms with Gasteiger partial charge in [0.05, 0.1) is 0 Å². The third-order valence-electron chi connectivity index (χ3n) is 3.73. The number of hydrogen-bond acceptors (Lipinski definition) is 4. The molecular formula is C17H21NO2S. The molecule has 0 spiro atoms. The van der Waals surface area contributed by atoms with E-state index in [1.807, 2.05) is 17.4 Å². The molecule has 1 aliphatic rings. The topological polar surface area (TPSA) is 30.5 Å². The van der Waals surface area contributed by atoms with Crippen LogP contribution < -0.4 is 14.8 Å². The Morgan fingerprint density at radius 3 is 2.71 bits per heavy atom. The van der Waals surface area contributed by atoms with Crippen molar-refractivity contribution in [3.63, 3.8) is 0 Å². The summed E-state index contributed by atoms with van der Waals surface area (Å²) in [4.78, 5) is 2.81. The van der Waals surface area contributed by atoms with Crippen LogP contribution in [0, 0.1) is 6.92 Å². The fourth-order valence-corrected chi connectivity index (χ4v) is 3.68. The number of thiophene rings is 1. The maximum absolute atomic E-state index is 5.44. The van der Waals surface area contributed by atoms with Crippen molar-refractivity contribution in [1.29, 1.82) is 0 Å². The molecule has 1 aromatic carbocycles. The molecule has 21 heavy (non-hydrogen) atoms. The summed E-state index contributed by atoms with van der Waals surface area (Å²) in [6.45, 7) is 6.91. The van der Waals surface area contributed by atoms with E-state index >= 15 is 0 Å². The molecule has 4 heteroatoms. The number of benzene rings is 1. The Hall–Kier alpha value is -1.52. The van der Waals surface area contributed by atoms with Gasteiger partial charge in [-0.05, 0) is 57.0 Å². The number of fused-ring (bicyclic) bond motifs is 1. The van der Waals surface area contributed by atoms with E-state index in [4.69, 9.17) is 9.47 Å². The fraction of sp³-hybridized carbons (Fsp3) is 0.412. The van der Waals surface area contributed by atoms with Crippen LogP contribution in [0.25, 0.3) is 0 Å². The Morgan fingerprint density at radius 1 is 1.14 bits per heavy atom. The van der Waals surface area contributed by atoms with Gasteiger partial charge in [-0.1, -0.05) is 6.07 Å². The van der Waals surface area contributed by atoms with Crippen molar-refractivity contribution >= 4 is 11.3 Å². The van der Waals surface area contributed by atoms with Crippen molar-refractivity contribution in [2.45, 2.75) is 39.3 Å². The van der Waals surface area contributed by atoms with Crippen molar-refractivity contribution in [2.24, 2.45) is 0 Å². The molecule has 2 unspecified atom stereocenters. The van der Waals surface area contributed by atoms with Crippen molar-refractivity contribution in [3.05, 3.63) is 45.6 Å². The van der Waals surface area contributed by atoms with Gasteiger partial charge in [0.2, 0.25) is 6.79 Å². The zero-order valence-corrected chi connectivity index (χ0v) is 13.5. The summed E-state index contributed by atoms with van der Waals surface area (Å²) in [5, 5.41) is 3.66. The molecule has 112 valence electrons. The average Bonchev–Trinajstić information content (AvgIpc) is 3.06. The molecule has 0 saturated carbocycles. The highest BCUT2D eigenvalue weighted by molar-refractivity contribution is 7.11. The van der Waals surface area contributed by atoms with E-state index in [1.54, 1.807) is 0 Å². The lowest BCUT2D eigenvalue weighted by atomic mass is 10.1. The molecule has 2 aromatic rings. The minimum Gasteiger partial charge on any atom is -0.454 e. The Labute approximate surface area is 129 Å². The predicted octanol–water partition coefficient (Wildman–Crippen LogP) is 4.07. The molecule has 1 N–H and O–H groups in total. The summed E-state index contributed by atoms with van der Waals surface area (Å²) >= 11 is 1.88. The molecule has 0 saturated heterocycles. The fourth-order valence-electron chi connectivity index (χ4n) is 2.66. The molecule has 0 fully saturated rings. The number of ether oxygens (including phenoxy) is 2. The molecule has 1 aliphatic heterocycles. The van der Waals surface area contributed by atoms with E-state index in [0.717, 1.165) is 17.9 Å². The summed E-state index contributed by atoms with van der Waals surface area (Å²) in [5.74, 6) is 1.69. The molecule has 0 bridgehead atoms. The van der Waals surface area contributed by atoms with Crippen LogP contribution in [0.1, 0.15) is 35.2 Å². The number of nitrogens with one attached hydrogen (secondary N) is 1. The standard InChI is InChI=1S/C17H21NO2S/c1-11(8-15-6-4-12(2)21-15)18-13(3)14-5-7-16-17(9-14)20-10-19-16/h4-7,9,11,13,18H,8,10H2,1-3H3. The second-order valence-electron chi connectivity index (χ2n) is 5.62. The van der Waals surface area contributed by atoms with Gasteiger partial charge in [-0.3, -0.25) is 0 Å². The molecule has 2 heterocycles. The molecule has 3 nitrogen and oxygen atoms in total. The van der Waals surface area contributed by atoms with Gasteiger partial charge in [0, 0.05) is 21.8 Å². The van der Waals surface area contributed by atoms with Gasteiger partial charge in [-0.15, -0.1) is 11.3 Å². The van der Waals surface area contributed by atoms with E-state index in [2.05, 4.69) is 50.4 Å². The normalized spacial score (nSPS) is 16.0. The Balaban J connectivity index is 1.61. The first-order valence-corrected chi connectivity index (χ1v) is 8.14. The molecular weight excluding hydrogens is 282 g/mol.